The van der Waals surface area contributed by atoms with E-state index in [2.05, 4.69) is 10.3 Å². The Morgan fingerprint density at radius 2 is 2.19 bits per heavy atom. The molecule has 1 aliphatic heterocycles. The van der Waals surface area contributed by atoms with Crippen molar-refractivity contribution >= 4 is 11.9 Å². The molecule has 3 rings (SSSR count). The lowest BCUT2D eigenvalue weighted by Crippen LogP contribution is -2.23. The first-order valence-corrected chi connectivity index (χ1v) is 8.52. The monoisotopic (exact) mass is 372 g/mol. The van der Waals surface area contributed by atoms with Crippen molar-refractivity contribution in [2.75, 3.05) is 19.8 Å². The van der Waals surface area contributed by atoms with Gasteiger partial charge < -0.3 is 24.6 Å². The highest BCUT2D eigenvalue weighted by Crippen LogP contribution is 2.16. The molecule has 2 N–H and O–H groups in total. The number of hydrogen-bond donors (Lipinski definition) is 2. The van der Waals surface area contributed by atoms with Gasteiger partial charge in [-0.05, 0) is 23.8 Å². The summed E-state index contributed by atoms with van der Waals surface area (Å²) in [6, 6.07) is 10.1. The highest BCUT2D eigenvalue weighted by molar-refractivity contribution is 5.94. The van der Waals surface area contributed by atoms with Gasteiger partial charge in [0.05, 0.1) is 13.2 Å². The molecule has 1 aromatic heterocycles. The van der Waals surface area contributed by atoms with Crippen molar-refractivity contribution in [1.82, 2.24) is 10.3 Å². The molecular weight excluding hydrogens is 352 g/mol. The highest BCUT2D eigenvalue weighted by atomic mass is 16.5. The Hall–Kier alpha value is -3.13. The molecule has 0 aliphatic carbocycles. The number of pyridine rings is 1. The van der Waals surface area contributed by atoms with Gasteiger partial charge in [-0.3, -0.25) is 4.79 Å². The van der Waals surface area contributed by atoms with Crippen molar-refractivity contribution in [3.63, 3.8) is 0 Å². The Morgan fingerprint density at radius 3 is 2.96 bits per heavy atom. The number of amides is 1. The number of carbonyl (C=O) groups is 2. The van der Waals surface area contributed by atoms with Crippen LogP contribution in [0.3, 0.4) is 0 Å². The summed E-state index contributed by atoms with van der Waals surface area (Å²) in [4.78, 5) is 27.1. The van der Waals surface area contributed by atoms with E-state index in [0.717, 1.165) is 12.0 Å². The minimum absolute atomic E-state index is 0.0376. The maximum atomic E-state index is 12.4. The topological polar surface area (TPSA) is 107 Å². The van der Waals surface area contributed by atoms with Gasteiger partial charge in [0.1, 0.15) is 11.9 Å². The van der Waals surface area contributed by atoms with Gasteiger partial charge in [-0.15, -0.1) is 0 Å². The summed E-state index contributed by atoms with van der Waals surface area (Å²) in [6.07, 6.45) is 2.29. The molecule has 0 saturated carbocycles. The molecule has 27 heavy (non-hydrogen) atoms. The average molecular weight is 372 g/mol. The number of rotatable bonds is 8. The Bertz CT molecular complexity index is 804. The Labute approximate surface area is 156 Å². The van der Waals surface area contributed by atoms with Crippen LogP contribution in [0.5, 0.6) is 11.6 Å². The van der Waals surface area contributed by atoms with E-state index < -0.39 is 12.6 Å². The Kier molecular flexibility index (Phi) is 6.22. The van der Waals surface area contributed by atoms with Crippen LogP contribution in [0.2, 0.25) is 0 Å². The fourth-order valence-electron chi connectivity index (χ4n) is 2.57. The van der Waals surface area contributed by atoms with Crippen molar-refractivity contribution < 1.29 is 28.9 Å². The quantitative estimate of drug-likeness (QED) is 0.725. The van der Waals surface area contributed by atoms with Gasteiger partial charge in [-0.2, -0.15) is 0 Å². The number of ether oxygens (including phenoxy) is 3. The third kappa shape index (κ3) is 5.68. The molecule has 1 atom stereocenters. The first-order chi connectivity index (χ1) is 13.1. The van der Waals surface area contributed by atoms with Crippen molar-refractivity contribution in [2.24, 2.45) is 0 Å². The molecule has 1 aliphatic rings. The van der Waals surface area contributed by atoms with E-state index >= 15 is 0 Å². The zero-order valence-electron chi connectivity index (χ0n) is 14.6. The van der Waals surface area contributed by atoms with E-state index in [1.165, 1.54) is 6.20 Å². The third-order valence-electron chi connectivity index (χ3n) is 3.89. The highest BCUT2D eigenvalue weighted by Gasteiger charge is 2.18. The van der Waals surface area contributed by atoms with Gasteiger partial charge in [0.15, 0.2) is 6.61 Å². The molecule has 8 heteroatoms. The number of carboxylic acid groups (broad SMARTS) is 1. The summed E-state index contributed by atoms with van der Waals surface area (Å²) in [5, 5.41) is 11.5. The Balaban J connectivity index is 1.56. The van der Waals surface area contributed by atoms with E-state index in [1.807, 2.05) is 6.07 Å². The van der Waals surface area contributed by atoms with Crippen LogP contribution >= 0.6 is 0 Å². The predicted molar refractivity (Wildman–Crippen MR) is 94.8 cm³/mol. The normalized spacial score (nSPS) is 15.9. The number of hydrogen-bond acceptors (Lipinski definition) is 6. The summed E-state index contributed by atoms with van der Waals surface area (Å²) in [5.74, 6) is -0.486. The number of carboxylic acids is 1. The van der Waals surface area contributed by atoms with E-state index in [1.54, 1.807) is 30.3 Å². The number of aliphatic carboxylic acids is 1. The van der Waals surface area contributed by atoms with Crippen LogP contribution in [-0.2, 0) is 16.1 Å². The molecular formula is C19H20N2O6. The van der Waals surface area contributed by atoms with Gasteiger partial charge >= 0.3 is 5.97 Å². The standard InChI is InChI=1S/C19H20N2O6/c22-18(23)12-26-15-3-1-2-13(8-15)10-21-19(24)14-4-6-20-17(9-14)27-16-5-7-25-11-16/h1-4,6,8-9,16H,5,7,10-12H2,(H,21,24)(H,22,23). The maximum absolute atomic E-state index is 12.4. The molecule has 0 spiro atoms. The van der Waals surface area contributed by atoms with Gasteiger partial charge in [0.2, 0.25) is 5.88 Å². The summed E-state index contributed by atoms with van der Waals surface area (Å²) >= 11 is 0. The summed E-state index contributed by atoms with van der Waals surface area (Å²) < 4.78 is 16.1. The molecule has 1 aromatic carbocycles. The summed E-state index contributed by atoms with van der Waals surface area (Å²) in [6.45, 7) is 1.05. The largest absolute Gasteiger partial charge is 0.482 e. The van der Waals surface area contributed by atoms with E-state index in [9.17, 15) is 9.59 Å². The van der Waals surface area contributed by atoms with Gasteiger partial charge in [-0.25, -0.2) is 9.78 Å². The number of nitrogens with one attached hydrogen (secondary N) is 1. The number of benzene rings is 1. The Morgan fingerprint density at radius 1 is 1.30 bits per heavy atom. The molecule has 0 bridgehead atoms. The number of nitrogens with zero attached hydrogens (tertiary/aromatic N) is 1. The molecule has 1 saturated heterocycles. The molecule has 142 valence electrons. The van der Waals surface area contributed by atoms with Crippen LogP contribution in [0.25, 0.3) is 0 Å². The van der Waals surface area contributed by atoms with Crippen LogP contribution < -0.4 is 14.8 Å². The number of aromatic nitrogens is 1. The molecule has 1 fully saturated rings. The lowest BCUT2D eigenvalue weighted by atomic mass is 10.2. The fraction of sp³-hybridized carbons (Fsp3) is 0.316. The zero-order chi connectivity index (χ0) is 19.1. The minimum Gasteiger partial charge on any atom is -0.482 e. The van der Waals surface area contributed by atoms with Crippen LogP contribution in [0.1, 0.15) is 22.3 Å². The lowest BCUT2D eigenvalue weighted by Gasteiger charge is -2.12. The SMILES string of the molecule is O=C(O)COc1cccc(CNC(=O)c2ccnc(OC3CCOC3)c2)c1. The summed E-state index contributed by atoms with van der Waals surface area (Å²) in [7, 11) is 0. The van der Waals surface area contributed by atoms with Crippen molar-refractivity contribution in [1.29, 1.82) is 0 Å². The molecule has 2 heterocycles. The summed E-state index contributed by atoms with van der Waals surface area (Å²) in [5.41, 5.74) is 1.23. The molecule has 1 amide bonds. The smallest absolute Gasteiger partial charge is 0.341 e. The third-order valence-corrected chi connectivity index (χ3v) is 3.89. The van der Waals surface area contributed by atoms with Crippen LogP contribution in [-0.4, -0.2) is 47.9 Å². The fourth-order valence-corrected chi connectivity index (χ4v) is 2.57. The van der Waals surface area contributed by atoms with Crippen molar-refractivity contribution in [3.05, 3.63) is 53.7 Å². The molecule has 8 nitrogen and oxygen atoms in total. The van der Waals surface area contributed by atoms with Crippen molar-refractivity contribution in [3.8, 4) is 11.6 Å². The van der Waals surface area contributed by atoms with Gasteiger partial charge in [-0.1, -0.05) is 12.1 Å². The predicted octanol–water partition coefficient (Wildman–Crippen LogP) is 1.64. The minimum atomic E-state index is -1.05. The van der Waals surface area contributed by atoms with Crippen LogP contribution in [0, 0.1) is 0 Å². The second-order valence-corrected chi connectivity index (χ2v) is 6.00. The molecule has 0 radical (unpaired) electrons. The average Bonchev–Trinajstić information content (AvgIpc) is 3.18. The zero-order valence-corrected chi connectivity index (χ0v) is 14.6. The second-order valence-electron chi connectivity index (χ2n) is 6.00. The first-order valence-electron chi connectivity index (χ1n) is 8.52. The second kappa shape index (κ2) is 9.00. The molecule has 1 unspecified atom stereocenters. The molecule has 2 aromatic rings. The number of carbonyl (C=O) groups excluding carboxylic acids is 1. The van der Waals surface area contributed by atoms with Gasteiger partial charge in [0, 0.05) is 30.8 Å². The van der Waals surface area contributed by atoms with E-state index in [-0.39, 0.29) is 18.6 Å². The first kappa shape index (κ1) is 18.7. The van der Waals surface area contributed by atoms with Crippen molar-refractivity contribution in [2.45, 2.75) is 19.1 Å². The van der Waals surface area contributed by atoms with E-state index in [4.69, 9.17) is 19.3 Å². The van der Waals surface area contributed by atoms with Gasteiger partial charge in [0.25, 0.3) is 5.91 Å². The van der Waals surface area contributed by atoms with Crippen LogP contribution in [0.4, 0.5) is 0 Å². The van der Waals surface area contributed by atoms with E-state index in [0.29, 0.717) is 30.4 Å². The maximum Gasteiger partial charge on any atom is 0.341 e. The van der Waals surface area contributed by atoms with Crippen LogP contribution in [0.15, 0.2) is 42.6 Å². The lowest BCUT2D eigenvalue weighted by molar-refractivity contribution is -0.139.